The fourth-order valence-corrected chi connectivity index (χ4v) is 3.08. The third-order valence-electron chi connectivity index (χ3n) is 4.33. The van der Waals surface area contributed by atoms with E-state index in [2.05, 4.69) is 25.1 Å². The molecule has 3 rings (SSSR count). The molecule has 22 heavy (non-hydrogen) atoms. The third kappa shape index (κ3) is 2.99. The van der Waals surface area contributed by atoms with Crippen molar-refractivity contribution in [3.8, 4) is 11.1 Å². The van der Waals surface area contributed by atoms with Crippen LogP contribution < -0.4 is 0 Å². The Labute approximate surface area is 134 Å². The summed E-state index contributed by atoms with van der Waals surface area (Å²) in [5.41, 5.74) is 4.74. The van der Waals surface area contributed by atoms with Crippen LogP contribution in [0.4, 0.5) is 0 Å². The first-order chi connectivity index (χ1) is 10.5. The van der Waals surface area contributed by atoms with E-state index in [9.17, 15) is 0 Å². The van der Waals surface area contributed by atoms with Gasteiger partial charge in [0.1, 0.15) is 0 Å². The molecule has 1 aromatic heterocycles. The molecule has 0 radical (unpaired) electrons. The largest absolute Gasteiger partial charge is 0.373 e. The lowest BCUT2D eigenvalue weighted by Crippen LogP contribution is -2.05. The molecule has 4 nitrogen and oxygen atoms in total. The zero-order valence-corrected chi connectivity index (χ0v) is 13.7. The van der Waals surface area contributed by atoms with Gasteiger partial charge in [0.05, 0.1) is 5.69 Å². The van der Waals surface area contributed by atoms with Crippen LogP contribution in [-0.4, -0.2) is 11.3 Å². The summed E-state index contributed by atoms with van der Waals surface area (Å²) in [6.45, 7) is 6.33. The number of halogens is 1. The van der Waals surface area contributed by atoms with Crippen molar-refractivity contribution >= 4 is 17.8 Å². The minimum absolute atomic E-state index is 0.225. The summed E-state index contributed by atoms with van der Waals surface area (Å²) in [6, 6.07) is 6.01. The summed E-state index contributed by atoms with van der Waals surface area (Å²) in [7, 11) is 0. The fraction of sp³-hybridized carbons (Fsp3) is 0.412. The van der Waals surface area contributed by atoms with Crippen molar-refractivity contribution in [1.29, 1.82) is 0 Å². The highest BCUT2D eigenvalue weighted by atomic mass is 35.5. The molecule has 1 fully saturated rings. The van der Waals surface area contributed by atoms with Crippen molar-refractivity contribution in [2.45, 2.75) is 45.4 Å². The van der Waals surface area contributed by atoms with Crippen LogP contribution >= 0.6 is 11.6 Å². The maximum atomic E-state index is 8.12. The fourth-order valence-electron chi connectivity index (χ4n) is 2.85. The van der Waals surface area contributed by atoms with Gasteiger partial charge in [0.25, 0.3) is 0 Å². The molecule has 5 heteroatoms. The van der Waals surface area contributed by atoms with Crippen molar-refractivity contribution in [1.82, 2.24) is 5.16 Å². The van der Waals surface area contributed by atoms with Gasteiger partial charge in [-0.1, -0.05) is 29.7 Å². The molecule has 0 aliphatic heterocycles. The quantitative estimate of drug-likeness (QED) is 0.837. The average Bonchev–Trinajstić information content (AvgIpc) is 3.18. The molecule has 0 saturated heterocycles. The van der Waals surface area contributed by atoms with E-state index in [0.717, 1.165) is 22.9 Å². The molecule has 1 aromatic carbocycles. The highest BCUT2D eigenvalue weighted by Gasteiger charge is 2.48. The van der Waals surface area contributed by atoms with E-state index < -0.39 is 0 Å². The molecule has 0 unspecified atom stereocenters. The van der Waals surface area contributed by atoms with E-state index in [1.807, 2.05) is 19.1 Å². The minimum atomic E-state index is 0.225. The minimum Gasteiger partial charge on any atom is -0.360 e. The smallest absolute Gasteiger partial charge is 0.360 e. The molecule has 0 N–H and O–H groups in total. The standard InChI is InChI=1S/C16H18ClNO.CO2/c1-4-16(7-8-16)15-14(11(3)18-19-15)13-6-5-12(17)9-10(13)2;2-1-3/h5-6,9H,4,7-8H2,1-3H3;. The molecule has 2 aromatic rings. The van der Waals surface area contributed by atoms with Crippen LogP contribution in [0, 0.1) is 13.8 Å². The maximum absolute atomic E-state index is 8.12. The Balaban J connectivity index is 0.000000545. The van der Waals surface area contributed by atoms with Crippen LogP contribution in [0.1, 0.15) is 43.2 Å². The SMILES string of the molecule is CCC1(c2onc(C)c2-c2ccc(Cl)cc2C)CC1.O=C=O. The average molecular weight is 320 g/mol. The van der Waals surface area contributed by atoms with Crippen LogP contribution in [0.5, 0.6) is 0 Å². The Hall–Kier alpha value is -1.90. The van der Waals surface area contributed by atoms with E-state index in [1.165, 1.54) is 29.5 Å². The van der Waals surface area contributed by atoms with Crippen LogP contribution in [0.25, 0.3) is 11.1 Å². The van der Waals surface area contributed by atoms with Gasteiger partial charge in [-0.3, -0.25) is 0 Å². The number of benzene rings is 1. The summed E-state index contributed by atoms with van der Waals surface area (Å²) < 4.78 is 5.67. The zero-order valence-electron chi connectivity index (χ0n) is 12.9. The number of nitrogens with zero attached hydrogens (tertiary/aromatic N) is 1. The molecule has 1 aliphatic carbocycles. The Morgan fingerprint density at radius 2 is 1.95 bits per heavy atom. The van der Waals surface area contributed by atoms with E-state index >= 15 is 0 Å². The predicted molar refractivity (Wildman–Crippen MR) is 82.6 cm³/mol. The number of hydrogen-bond donors (Lipinski definition) is 0. The van der Waals surface area contributed by atoms with E-state index in [0.29, 0.717) is 0 Å². The maximum Gasteiger partial charge on any atom is 0.373 e. The van der Waals surface area contributed by atoms with Gasteiger partial charge < -0.3 is 4.52 Å². The normalized spacial score (nSPS) is 14.7. The molecular weight excluding hydrogens is 302 g/mol. The van der Waals surface area contributed by atoms with Gasteiger partial charge in [-0.25, -0.2) is 0 Å². The van der Waals surface area contributed by atoms with Gasteiger partial charge in [0.15, 0.2) is 5.76 Å². The van der Waals surface area contributed by atoms with Gasteiger partial charge in [-0.2, -0.15) is 9.59 Å². The van der Waals surface area contributed by atoms with Crippen molar-refractivity contribution in [2.24, 2.45) is 0 Å². The van der Waals surface area contributed by atoms with Crippen LogP contribution in [0.15, 0.2) is 22.7 Å². The Bertz CT molecular complexity index is 711. The third-order valence-corrected chi connectivity index (χ3v) is 4.57. The van der Waals surface area contributed by atoms with Gasteiger partial charge in [0, 0.05) is 16.0 Å². The van der Waals surface area contributed by atoms with Crippen molar-refractivity contribution in [2.75, 3.05) is 0 Å². The second-order valence-electron chi connectivity index (χ2n) is 5.65. The number of rotatable bonds is 3. The second-order valence-corrected chi connectivity index (χ2v) is 6.09. The summed E-state index contributed by atoms with van der Waals surface area (Å²) >= 11 is 6.05. The predicted octanol–water partition coefficient (Wildman–Crippen LogP) is 4.47. The van der Waals surface area contributed by atoms with E-state index in [-0.39, 0.29) is 11.6 Å². The molecule has 1 saturated carbocycles. The Kier molecular flexibility index (Phi) is 4.84. The topological polar surface area (TPSA) is 60.2 Å². The molecule has 0 amide bonds. The zero-order chi connectivity index (χ0) is 16.3. The van der Waals surface area contributed by atoms with Crippen molar-refractivity contribution in [3.63, 3.8) is 0 Å². The summed E-state index contributed by atoms with van der Waals surface area (Å²) in [5.74, 6) is 1.07. The van der Waals surface area contributed by atoms with Gasteiger partial charge in [0.2, 0.25) is 0 Å². The number of hydrogen-bond acceptors (Lipinski definition) is 4. The first-order valence-corrected chi connectivity index (χ1v) is 7.59. The monoisotopic (exact) mass is 319 g/mol. The van der Waals surface area contributed by atoms with E-state index in [1.54, 1.807) is 0 Å². The van der Waals surface area contributed by atoms with Gasteiger partial charge in [-0.15, -0.1) is 0 Å². The lowest BCUT2D eigenvalue weighted by Gasteiger charge is -2.13. The molecule has 0 atom stereocenters. The Morgan fingerprint density at radius 1 is 1.32 bits per heavy atom. The highest BCUT2D eigenvalue weighted by Crippen LogP contribution is 2.54. The summed E-state index contributed by atoms with van der Waals surface area (Å²) in [4.78, 5) is 16.2. The number of aromatic nitrogens is 1. The molecular formula is C17H18ClNO3. The van der Waals surface area contributed by atoms with Gasteiger partial charge >= 0.3 is 6.15 Å². The second kappa shape index (κ2) is 6.47. The van der Waals surface area contributed by atoms with Crippen LogP contribution in [0.2, 0.25) is 5.02 Å². The molecule has 0 bridgehead atoms. The molecule has 1 heterocycles. The lowest BCUT2D eigenvalue weighted by molar-refractivity contribution is -0.191. The van der Waals surface area contributed by atoms with Crippen molar-refractivity contribution < 1.29 is 14.1 Å². The molecule has 0 spiro atoms. The Morgan fingerprint density at radius 3 is 2.45 bits per heavy atom. The van der Waals surface area contributed by atoms with Crippen LogP contribution in [0.3, 0.4) is 0 Å². The number of carbonyl (C=O) groups excluding carboxylic acids is 2. The first kappa shape index (κ1) is 16.5. The summed E-state index contributed by atoms with van der Waals surface area (Å²) in [5, 5.41) is 4.97. The first-order valence-electron chi connectivity index (χ1n) is 7.21. The van der Waals surface area contributed by atoms with Gasteiger partial charge in [-0.05, 0) is 56.4 Å². The number of aryl methyl sites for hydroxylation is 2. The molecule has 116 valence electrons. The lowest BCUT2D eigenvalue weighted by atomic mass is 9.90. The van der Waals surface area contributed by atoms with Crippen LogP contribution in [-0.2, 0) is 15.0 Å². The highest BCUT2D eigenvalue weighted by molar-refractivity contribution is 6.30. The molecule has 1 aliphatic rings. The van der Waals surface area contributed by atoms with Crippen molar-refractivity contribution in [3.05, 3.63) is 40.2 Å². The van der Waals surface area contributed by atoms with E-state index in [4.69, 9.17) is 25.7 Å². The summed E-state index contributed by atoms with van der Waals surface area (Å²) in [6.07, 6.45) is 3.77.